The first kappa shape index (κ1) is 11.0. The fourth-order valence-electron chi connectivity index (χ4n) is 3.08. The Morgan fingerprint density at radius 3 is 2.54 bits per heavy atom. The average molecular weight is 183 g/mol. The molecule has 0 aromatic carbocycles. The van der Waals surface area contributed by atoms with Gasteiger partial charge in [0, 0.05) is 6.04 Å². The molecule has 0 aliphatic heterocycles. The predicted molar refractivity (Wildman–Crippen MR) is 58.8 cm³/mol. The molecule has 1 saturated carbocycles. The molecule has 0 heterocycles. The number of hydrogen-bond donors (Lipinski definition) is 1. The lowest BCUT2D eigenvalue weighted by atomic mass is 9.83. The Kier molecular flexibility index (Phi) is 4.24. The number of nitrogens with one attached hydrogen (secondary N) is 1. The SMILES string of the molecule is CCCC(C)C1CCC(NC)C1C. The van der Waals surface area contributed by atoms with Crippen LogP contribution in [0.25, 0.3) is 0 Å². The van der Waals surface area contributed by atoms with Crippen LogP contribution < -0.4 is 5.32 Å². The minimum Gasteiger partial charge on any atom is -0.317 e. The molecule has 0 aromatic heterocycles. The van der Waals surface area contributed by atoms with E-state index in [4.69, 9.17) is 0 Å². The maximum Gasteiger partial charge on any atom is 0.00925 e. The zero-order valence-corrected chi connectivity index (χ0v) is 9.64. The molecule has 0 spiro atoms. The van der Waals surface area contributed by atoms with E-state index in [-0.39, 0.29) is 0 Å². The minimum atomic E-state index is 0.782. The van der Waals surface area contributed by atoms with Crippen LogP contribution in [-0.4, -0.2) is 13.1 Å². The Hall–Kier alpha value is -0.0400. The Labute approximate surface area is 83.3 Å². The molecule has 1 heteroatoms. The first-order chi connectivity index (χ1) is 6.20. The highest BCUT2D eigenvalue weighted by atomic mass is 14.9. The van der Waals surface area contributed by atoms with Crippen molar-refractivity contribution in [1.82, 2.24) is 5.32 Å². The Balaban J connectivity index is 2.43. The molecule has 4 unspecified atom stereocenters. The van der Waals surface area contributed by atoms with Gasteiger partial charge in [0.05, 0.1) is 0 Å². The third-order valence-electron chi connectivity index (χ3n) is 3.97. The largest absolute Gasteiger partial charge is 0.317 e. The van der Waals surface area contributed by atoms with Crippen molar-refractivity contribution in [3.05, 3.63) is 0 Å². The highest BCUT2D eigenvalue weighted by molar-refractivity contribution is 4.88. The van der Waals surface area contributed by atoms with Crippen LogP contribution in [0.5, 0.6) is 0 Å². The Morgan fingerprint density at radius 2 is 2.08 bits per heavy atom. The second kappa shape index (κ2) is 4.99. The van der Waals surface area contributed by atoms with Gasteiger partial charge in [0.15, 0.2) is 0 Å². The van der Waals surface area contributed by atoms with Gasteiger partial charge in [-0.2, -0.15) is 0 Å². The predicted octanol–water partition coefficient (Wildman–Crippen LogP) is 3.06. The molecule has 1 N–H and O–H groups in total. The Morgan fingerprint density at radius 1 is 1.38 bits per heavy atom. The molecule has 1 fully saturated rings. The molecule has 0 aromatic rings. The lowest BCUT2D eigenvalue weighted by Gasteiger charge is -2.25. The lowest BCUT2D eigenvalue weighted by Crippen LogP contribution is -2.30. The van der Waals surface area contributed by atoms with E-state index in [0.717, 1.165) is 23.8 Å². The van der Waals surface area contributed by atoms with Gasteiger partial charge in [-0.25, -0.2) is 0 Å². The van der Waals surface area contributed by atoms with Crippen molar-refractivity contribution in [3.8, 4) is 0 Å². The average Bonchev–Trinajstić information content (AvgIpc) is 2.47. The van der Waals surface area contributed by atoms with Crippen LogP contribution >= 0.6 is 0 Å². The van der Waals surface area contributed by atoms with Crippen LogP contribution in [0.4, 0.5) is 0 Å². The number of rotatable bonds is 4. The second-order valence-corrected chi connectivity index (χ2v) is 4.76. The summed E-state index contributed by atoms with van der Waals surface area (Å²) in [5.41, 5.74) is 0. The van der Waals surface area contributed by atoms with E-state index in [2.05, 4.69) is 33.1 Å². The molecule has 1 aliphatic rings. The normalized spacial score (nSPS) is 36.5. The summed E-state index contributed by atoms with van der Waals surface area (Å²) in [6.07, 6.45) is 5.57. The first-order valence-corrected chi connectivity index (χ1v) is 5.88. The molecular weight excluding hydrogens is 158 g/mol. The van der Waals surface area contributed by atoms with Gasteiger partial charge >= 0.3 is 0 Å². The molecule has 1 nitrogen and oxygen atoms in total. The van der Waals surface area contributed by atoms with Crippen LogP contribution in [0.2, 0.25) is 0 Å². The quantitative estimate of drug-likeness (QED) is 0.706. The summed E-state index contributed by atoms with van der Waals surface area (Å²) in [7, 11) is 2.11. The van der Waals surface area contributed by atoms with E-state index in [1.54, 1.807) is 0 Å². The van der Waals surface area contributed by atoms with Gasteiger partial charge in [-0.3, -0.25) is 0 Å². The van der Waals surface area contributed by atoms with Gasteiger partial charge in [-0.1, -0.05) is 33.6 Å². The summed E-state index contributed by atoms with van der Waals surface area (Å²) in [5, 5.41) is 3.44. The summed E-state index contributed by atoms with van der Waals surface area (Å²) >= 11 is 0. The highest BCUT2D eigenvalue weighted by Gasteiger charge is 2.34. The lowest BCUT2D eigenvalue weighted by molar-refractivity contribution is 0.259. The zero-order valence-electron chi connectivity index (χ0n) is 9.64. The fraction of sp³-hybridized carbons (Fsp3) is 1.00. The van der Waals surface area contributed by atoms with Crippen LogP contribution in [0, 0.1) is 17.8 Å². The molecule has 0 radical (unpaired) electrons. The van der Waals surface area contributed by atoms with Crippen molar-refractivity contribution >= 4 is 0 Å². The third-order valence-corrected chi connectivity index (χ3v) is 3.97. The fourth-order valence-corrected chi connectivity index (χ4v) is 3.08. The minimum absolute atomic E-state index is 0.782. The summed E-state index contributed by atoms with van der Waals surface area (Å²) in [4.78, 5) is 0. The highest BCUT2D eigenvalue weighted by Crippen LogP contribution is 2.38. The Bertz CT molecular complexity index is 144. The van der Waals surface area contributed by atoms with Crippen molar-refractivity contribution in [1.29, 1.82) is 0 Å². The van der Waals surface area contributed by atoms with Crippen molar-refractivity contribution < 1.29 is 0 Å². The molecular formula is C12H25N. The van der Waals surface area contributed by atoms with Crippen molar-refractivity contribution in [2.75, 3.05) is 7.05 Å². The molecule has 4 atom stereocenters. The standard InChI is InChI=1S/C12H25N/c1-5-6-9(2)11-7-8-12(13-4)10(11)3/h9-13H,5-8H2,1-4H3. The van der Waals surface area contributed by atoms with Crippen LogP contribution in [0.15, 0.2) is 0 Å². The molecule has 13 heavy (non-hydrogen) atoms. The van der Waals surface area contributed by atoms with Crippen LogP contribution in [0.1, 0.15) is 46.5 Å². The van der Waals surface area contributed by atoms with Gasteiger partial charge in [0.25, 0.3) is 0 Å². The molecule has 1 rings (SSSR count). The third kappa shape index (κ3) is 2.46. The van der Waals surface area contributed by atoms with Crippen LogP contribution in [-0.2, 0) is 0 Å². The van der Waals surface area contributed by atoms with Gasteiger partial charge in [0.2, 0.25) is 0 Å². The molecule has 1 aliphatic carbocycles. The molecule has 0 bridgehead atoms. The monoisotopic (exact) mass is 183 g/mol. The van der Waals surface area contributed by atoms with Crippen molar-refractivity contribution in [2.24, 2.45) is 17.8 Å². The molecule has 78 valence electrons. The van der Waals surface area contributed by atoms with Crippen molar-refractivity contribution in [2.45, 2.75) is 52.5 Å². The van der Waals surface area contributed by atoms with E-state index in [1.807, 2.05) is 0 Å². The first-order valence-electron chi connectivity index (χ1n) is 5.88. The van der Waals surface area contributed by atoms with E-state index >= 15 is 0 Å². The van der Waals surface area contributed by atoms with E-state index in [9.17, 15) is 0 Å². The van der Waals surface area contributed by atoms with Gasteiger partial charge in [-0.05, 0) is 37.6 Å². The smallest absolute Gasteiger partial charge is 0.00925 e. The molecule has 0 saturated heterocycles. The summed E-state index contributed by atoms with van der Waals surface area (Å²) in [5.74, 6) is 2.78. The second-order valence-electron chi connectivity index (χ2n) is 4.76. The number of hydrogen-bond acceptors (Lipinski definition) is 1. The molecule has 0 amide bonds. The van der Waals surface area contributed by atoms with Crippen LogP contribution in [0.3, 0.4) is 0 Å². The van der Waals surface area contributed by atoms with E-state index < -0.39 is 0 Å². The topological polar surface area (TPSA) is 12.0 Å². The summed E-state index contributed by atoms with van der Waals surface area (Å²) in [6, 6.07) is 0.782. The van der Waals surface area contributed by atoms with Crippen molar-refractivity contribution in [3.63, 3.8) is 0 Å². The van der Waals surface area contributed by atoms with E-state index in [0.29, 0.717) is 0 Å². The maximum absolute atomic E-state index is 3.44. The zero-order chi connectivity index (χ0) is 9.84. The summed E-state index contributed by atoms with van der Waals surface area (Å²) < 4.78 is 0. The van der Waals surface area contributed by atoms with Gasteiger partial charge in [0.1, 0.15) is 0 Å². The maximum atomic E-state index is 3.44. The van der Waals surface area contributed by atoms with E-state index in [1.165, 1.54) is 25.7 Å². The summed E-state index contributed by atoms with van der Waals surface area (Å²) in [6.45, 7) is 7.15. The van der Waals surface area contributed by atoms with Gasteiger partial charge < -0.3 is 5.32 Å². The van der Waals surface area contributed by atoms with Gasteiger partial charge in [-0.15, -0.1) is 0 Å².